The highest BCUT2D eigenvalue weighted by Gasteiger charge is 2.29. The molecule has 0 bridgehead atoms. The Bertz CT molecular complexity index is 564. The molecule has 5 nitrogen and oxygen atoms in total. The molecule has 19 heavy (non-hydrogen) atoms. The highest BCUT2D eigenvalue weighted by molar-refractivity contribution is 7.09. The summed E-state index contributed by atoms with van der Waals surface area (Å²) in [6.07, 6.45) is 1.62. The van der Waals surface area contributed by atoms with E-state index < -0.39 is 0 Å². The van der Waals surface area contributed by atoms with E-state index in [9.17, 15) is 4.79 Å². The third kappa shape index (κ3) is 2.68. The van der Waals surface area contributed by atoms with Gasteiger partial charge in [0, 0.05) is 31.3 Å². The maximum absolute atomic E-state index is 11.3. The Labute approximate surface area is 115 Å². The van der Waals surface area contributed by atoms with Crippen molar-refractivity contribution in [3.8, 4) is 0 Å². The second-order valence-corrected chi connectivity index (χ2v) is 5.79. The van der Waals surface area contributed by atoms with Crippen LogP contribution < -0.4 is 0 Å². The molecule has 1 atom stereocenters. The monoisotopic (exact) mass is 277 g/mol. The first kappa shape index (κ1) is 12.3. The maximum Gasteiger partial charge on any atom is 0.231 e. The molecule has 3 rings (SSSR count). The third-order valence-corrected chi connectivity index (χ3v) is 4.26. The number of hydrogen-bond acceptors (Lipinski definition) is 5. The van der Waals surface area contributed by atoms with E-state index in [1.807, 2.05) is 16.3 Å². The quantitative estimate of drug-likeness (QED) is 0.861. The topological polar surface area (TPSA) is 59.2 Å². The van der Waals surface area contributed by atoms with E-state index in [1.54, 1.807) is 18.3 Å². The number of carbonyl (C=O) groups excluding carboxylic acids is 1. The molecular formula is C13H15N3O2S. The van der Waals surface area contributed by atoms with Crippen molar-refractivity contribution in [2.75, 3.05) is 13.1 Å². The zero-order valence-corrected chi connectivity index (χ0v) is 11.5. The standard InChI is InChI=1S/C13H15N3O2S/c1-9(17)16-5-4-10(8-16)13-14-12(15-18-13)7-11-3-2-6-19-11/h2-3,6,10H,4-5,7-8H2,1H3/t10-/m0/s1. The normalized spacial score (nSPS) is 19.0. The number of likely N-dealkylation sites (tertiary alicyclic amines) is 1. The van der Waals surface area contributed by atoms with Gasteiger partial charge in [-0.2, -0.15) is 4.98 Å². The van der Waals surface area contributed by atoms with Crippen LogP contribution in [0.15, 0.2) is 22.0 Å². The van der Waals surface area contributed by atoms with Gasteiger partial charge in [-0.15, -0.1) is 11.3 Å². The van der Waals surface area contributed by atoms with E-state index in [0.29, 0.717) is 18.9 Å². The van der Waals surface area contributed by atoms with Gasteiger partial charge in [-0.25, -0.2) is 0 Å². The molecule has 1 amide bonds. The molecule has 0 radical (unpaired) electrons. The van der Waals surface area contributed by atoms with Crippen LogP contribution in [0, 0.1) is 0 Å². The maximum atomic E-state index is 11.3. The largest absolute Gasteiger partial charge is 0.342 e. The zero-order valence-electron chi connectivity index (χ0n) is 10.7. The Morgan fingerprint density at radius 2 is 2.53 bits per heavy atom. The SMILES string of the molecule is CC(=O)N1CC[C@H](c2nc(Cc3cccs3)no2)C1. The van der Waals surface area contributed by atoms with Crippen molar-refractivity contribution in [1.29, 1.82) is 0 Å². The minimum Gasteiger partial charge on any atom is -0.342 e. The molecular weight excluding hydrogens is 262 g/mol. The lowest BCUT2D eigenvalue weighted by molar-refractivity contribution is -0.127. The predicted molar refractivity (Wildman–Crippen MR) is 71.0 cm³/mol. The molecule has 3 heterocycles. The van der Waals surface area contributed by atoms with Gasteiger partial charge in [0.05, 0.1) is 5.92 Å². The van der Waals surface area contributed by atoms with Gasteiger partial charge < -0.3 is 9.42 Å². The predicted octanol–water partition coefficient (Wildman–Crippen LogP) is 2.06. The lowest BCUT2D eigenvalue weighted by Gasteiger charge is -2.11. The second kappa shape index (κ2) is 5.13. The average molecular weight is 277 g/mol. The van der Waals surface area contributed by atoms with Gasteiger partial charge in [-0.3, -0.25) is 4.79 Å². The summed E-state index contributed by atoms with van der Waals surface area (Å²) in [6, 6.07) is 4.08. The fourth-order valence-electron chi connectivity index (χ4n) is 2.32. The van der Waals surface area contributed by atoms with Gasteiger partial charge in [-0.05, 0) is 17.9 Å². The molecule has 0 spiro atoms. The summed E-state index contributed by atoms with van der Waals surface area (Å²) < 4.78 is 5.33. The van der Waals surface area contributed by atoms with Crippen molar-refractivity contribution >= 4 is 17.2 Å². The average Bonchev–Trinajstić information content (AvgIpc) is 3.09. The molecule has 0 saturated carbocycles. The lowest BCUT2D eigenvalue weighted by Crippen LogP contribution is -2.25. The molecule has 0 aliphatic carbocycles. The molecule has 1 aliphatic rings. The first-order valence-electron chi connectivity index (χ1n) is 6.33. The van der Waals surface area contributed by atoms with Crippen molar-refractivity contribution in [3.63, 3.8) is 0 Å². The lowest BCUT2D eigenvalue weighted by atomic mass is 10.1. The van der Waals surface area contributed by atoms with Crippen LogP contribution in [0.3, 0.4) is 0 Å². The van der Waals surface area contributed by atoms with Crippen LogP contribution in [0.2, 0.25) is 0 Å². The molecule has 6 heteroatoms. The molecule has 1 aliphatic heterocycles. The van der Waals surface area contributed by atoms with E-state index in [0.717, 1.165) is 18.8 Å². The molecule has 100 valence electrons. The molecule has 2 aromatic rings. The number of hydrogen-bond donors (Lipinski definition) is 0. The Balaban J connectivity index is 1.67. The van der Waals surface area contributed by atoms with Gasteiger partial charge in [0.25, 0.3) is 0 Å². The Kier molecular flexibility index (Phi) is 3.33. The van der Waals surface area contributed by atoms with Crippen LogP contribution in [-0.4, -0.2) is 34.0 Å². The van der Waals surface area contributed by atoms with E-state index in [2.05, 4.69) is 16.2 Å². The smallest absolute Gasteiger partial charge is 0.231 e. The number of thiophene rings is 1. The van der Waals surface area contributed by atoms with Crippen molar-refractivity contribution in [2.45, 2.75) is 25.7 Å². The Morgan fingerprint density at radius 1 is 1.63 bits per heavy atom. The number of amides is 1. The van der Waals surface area contributed by atoms with Crippen LogP contribution in [0.4, 0.5) is 0 Å². The molecule has 0 aromatic carbocycles. The van der Waals surface area contributed by atoms with Crippen LogP contribution >= 0.6 is 11.3 Å². The van der Waals surface area contributed by atoms with Gasteiger partial charge in [0.1, 0.15) is 0 Å². The summed E-state index contributed by atoms with van der Waals surface area (Å²) in [5.41, 5.74) is 0. The highest BCUT2D eigenvalue weighted by Crippen LogP contribution is 2.26. The van der Waals surface area contributed by atoms with E-state index in [4.69, 9.17) is 4.52 Å². The summed E-state index contributed by atoms with van der Waals surface area (Å²) in [5.74, 6) is 1.68. The number of carbonyl (C=O) groups is 1. The first-order chi connectivity index (χ1) is 9.22. The summed E-state index contributed by atoms with van der Waals surface area (Å²) >= 11 is 1.69. The van der Waals surface area contributed by atoms with Crippen molar-refractivity contribution in [3.05, 3.63) is 34.1 Å². The summed E-state index contributed by atoms with van der Waals surface area (Å²) in [4.78, 5) is 18.8. The number of nitrogens with zero attached hydrogens (tertiary/aromatic N) is 3. The van der Waals surface area contributed by atoms with Gasteiger partial charge in [0.15, 0.2) is 5.82 Å². The van der Waals surface area contributed by atoms with Crippen LogP contribution in [0.5, 0.6) is 0 Å². The minimum absolute atomic E-state index is 0.112. The molecule has 1 fully saturated rings. The van der Waals surface area contributed by atoms with E-state index in [-0.39, 0.29) is 11.8 Å². The zero-order chi connectivity index (χ0) is 13.2. The highest BCUT2D eigenvalue weighted by atomic mass is 32.1. The third-order valence-electron chi connectivity index (χ3n) is 3.38. The van der Waals surface area contributed by atoms with Crippen LogP contribution in [0.25, 0.3) is 0 Å². The Hall–Kier alpha value is -1.69. The van der Waals surface area contributed by atoms with Gasteiger partial charge >= 0.3 is 0 Å². The van der Waals surface area contributed by atoms with E-state index in [1.165, 1.54) is 4.88 Å². The fourth-order valence-corrected chi connectivity index (χ4v) is 3.02. The number of rotatable bonds is 3. The van der Waals surface area contributed by atoms with Crippen LogP contribution in [0.1, 0.15) is 35.9 Å². The first-order valence-corrected chi connectivity index (χ1v) is 7.20. The molecule has 1 saturated heterocycles. The molecule has 0 unspecified atom stereocenters. The molecule has 0 N–H and O–H groups in total. The minimum atomic E-state index is 0.112. The van der Waals surface area contributed by atoms with E-state index >= 15 is 0 Å². The van der Waals surface area contributed by atoms with Gasteiger partial charge in [0.2, 0.25) is 11.8 Å². The second-order valence-electron chi connectivity index (χ2n) is 4.76. The fraction of sp³-hybridized carbons (Fsp3) is 0.462. The van der Waals surface area contributed by atoms with Gasteiger partial charge in [-0.1, -0.05) is 11.2 Å². The van der Waals surface area contributed by atoms with Crippen molar-refractivity contribution in [1.82, 2.24) is 15.0 Å². The van der Waals surface area contributed by atoms with Crippen molar-refractivity contribution in [2.24, 2.45) is 0 Å². The number of aromatic nitrogens is 2. The Morgan fingerprint density at radius 3 is 3.21 bits per heavy atom. The summed E-state index contributed by atoms with van der Waals surface area (Å²) in [5, 5.41) is 6.06. The molecule has 2 aromatic heterocycles. The van der Waals surface area contributed by atoms with Crippen molar-refractivity contribution < 1.29 is 9.32 Å². The summed E-state index contributed by atoms with van der Waals surface area (Å²) in [7, 11) is 0. The van der Waals surface area contributed by atoms with Crippen LogP contribution in [-0.2, 0) is 11.2 Å². The summed E-state index contributed by atoms with van der Waals surface area (Å²) in [6.45, 7) is 3.07.